The summed E-state index contributed by atoms with van der Waals surface area (Å²) in [7, 11) is 1.72. The molecule has 1 aliphatic carbocycles. The molecule has 0 bridgehead atoms. The van der Waals surface area contributed by atoms with Gasteiger partial charge in [0.1, 0.15) is 6.61 Å². The van der Waals surface area contributed by atoms with Crippen LogP contribution >= 0.6 is 0 Å². The van der Waals surface area contributed by atoms with Gasteiger partial charge in [0, 0.05) is 44.8 Å². The van der Waals surface area contributed by atoms with Crippen LogP contribution in [-0.2, 0) is 20.9 Å². The van der Waals surface area contributed by atoms with E-state index in [-0.39, 0.29) is 30.1 Å². The quantitative estimate of drug-likeness (QED) is 0.479. The van der Waals surface area contributed by atoms with Gasteiger partial charge in [0.15, 0.2) is 11.8 Å². The number of nitrogens with two attached hydrogens (primary N) is 1. The first-order valence-electron chi connectivity index (χ1n) is 10.5. The molecule has 1 saturated carbocycles. The zero-order chi connectivity index (χ0) is 22.4. The lowest BCUT2D eigenvalue weighted by atomic mass is 9.86. The lowest BCUT2D eigenvalue weighted by Gasteiger charge is -2.39. The Morgan fingerprint density at radius 3 is 2.48 bits per heavy atom. The molecule has 1 heterocycles. The molecule has 1 saturated heterocycles. The predicted octanol–water partition coefficient (Wildman–Crippen LogP) is 1.80. The first kappa shape index (κ1) is 22.8. The second-order valence-electron chi connectivity index (χ2n) is 7.89. The fraction of sp³-hybridized carbons (Fsp3) is 0.571. The SMILES string of the molecule is CO[C@H]1CC[C@H](C(=O)N2CCN(c3cccc(COC(=O)NC(=N)N)c3F)CC2)CC1. The number of hydrogen-bond acceptors (Lipinski definition) is 6. The lowest BCUT2D eigenvalue weighted by molar-refractivity contribution is -0.137. The topological polar surface area (TPSA) is 121 Å². The van der Waals surface area contributed by atoms with Gasteiger partial charge in [0.2, 0.25) is 5.91 Å². The molecule has 4 N–H and O–H groups in total. The van der Waals surface area contributed by atoms with Crippen molar-refractivity contribution in [1.29, 1.82) is 5.41 Å². The molecule has 170 valence electrons. The molecule has 0 radical (unpaired) electrons. The second-order valence-corrected chi connectivity index (χ2v) is 7.89. The molecule has 10 heteroatoms. The Kier molecular flexibility index (Phi) is 7.67. The maximum atomic E-state index is 15.0. The zero-order valence-electron chi connectivity index (χ0n) is 17.7. The number of ether oxygens (including phenoxy) is 2. The van der Waals surface area contributed by atoms with Crippen molar-refractivity contribution in [1.82, 2.24) is 10.2 Å². The molecule has 0 aromatic heterocycles. The third-order valence-corrected chi connectivity index (χ3v) is 5.94. The van der Waals surface area contributed by atoms with Crippen molar-refractivity contribution in [2.45, 2.75) is 38.4 Å². The van der Waals surface area contributed by atoms with Gasteiger partial charge in [-0.3, -0.25) is 15.5 Å². The summed E-state index contributed by atoms with van der Waals surface area (Å²) < 4.78 is 25.3. The summed E-state index contributed by atoms with van der Waals surface area (Å²) >= 11 is 0. The van der Waals surface area contributed by atoms with Crippen LogP contribution in [0.4, 0.5) is 14.9 Å². The van der Waals surface area contributed by atoms with Gasteiger partial charge < -0.3 is 25.0 Å². The van der Waals surface area contributed by atoms with Crippen LogP contribution in [0.2, 0.25) is 0 Å². The van der Waals surface area contributed by atoms with Gasteiger partial charge in [-0.1, -0.05) is 12.1 Å². The van der Waals surface area contributed by atoms with Crippen LogP contribution in [0.1, 0.15) is 31.2 Å². The highest BCUT2D eigenvalue weighted by Crippen LogP contribution is 2.29. The second kappa shape index (κ2) is 10.4. The number of halogens is 1. The van der Waals surface area contributed by atoms with Gasteiger partial charge in [0.05, 0.1) is 11.8 Å². The highest BCUT2D eigenvalue weighted by atomic mass is 19.1. The van der Waals surface area contributed by atoms with E-state index in [0.717, 1.165) is 25.7 Å². The van der Waals surface area contributed by atoms with Gasteiger partial charge >= 0.3 is 6.09 Å². The third-order valence-electron chi connectivity index (χ3n) is 5.94. The van der Waals surface area contributed by atoms with Gasteiger partial charge in [-0.15, -0.1) is 0 Å². The minimum Gasteiger partial charge on any atom is -0.444 e. The lowest BCUT2D eigenvalue weighted by Crippen LogP contribution is -2.51. The molecule has 0 unspecified atom stereocenters. The largest absolute Gasteiger partial charge is 0.444 e. The molecular formula is C21H30FN5O4. The number of guanidine groups is 1. The number of nitrogens with one attached hydrogen (secondary N) is 2. The first-order valence-corrected chi connectivity index (χ1v) is 10.5. The number of carbonyl (C=O) groups excluding carboxylic acids is 2. The van der Waals surface area contributed by atoms with E-state index in [4.69, 9.17) is 20.6 Å². The molecule has 2 fully saturated rings. The van der Waals surface area contributed by atoms with Crippen LogP contribution in [0, 0.1) is 17.1 Å². The van der Waals surface area contributed by atoms with Gasteiger partial charge in [-0.2, -0.15) is 0 Å². The molecule has 1 aliphatic heterocycles. The summed E-state index contributed by atoms with van der Waals surface area (Å²) in [4.78, 5) is 28.1. The summed E-state index contributed by atoms with van der Waals surface area (Å²) in [6, 6.07) is 4.92. The molecule has 0 atom stereocenters. The number of alkyl carbamates (subject to hydrolysis) is 1. The van der Waals surface area contributed by atoms with Crippen LogP contribution < -0.4 is 16.0 Å². The maximum Gasteiger partial charge on any atom is 0.414 e. The molecule has 31 heavy (non-hydrogen) atoms. The number of piperazine rings is 1. The molecule has 1 aromatic rings. The summed E-state index contributed by atoms with van der Waals surface area (Å²) in [6.45, 7) is 1.88. The molecule has 0 spiro atoms. The van der Waals surface area contributed by atoms with E-state index >= 15 is 0 Å². The molecule has 3 rings (SSSR count). The molecular weight excluding hydrogens is 405 g/mol. The van der Waals surface area contributed by atoms with E-state index < -0.39 is 17.9 Å². The van der Waals surface area contributed by atoms with Crippen LogP contribution in [0.25, 0.3) is 0 Å². The number of nitrogens with zero attached hydrogens (tertiary/aromatic N) is 2. The minimum absolute atomic E-state index is 0.0521. The molecule has 1 aromatic carbocycles. The monoisotopic (exact) mass is 435 g/mol. The van der Waals surface area contributed by atoms with Gasteiger partial charge in [0.25, 0.3) is 0 Å². The molecule has 9 nitrogen and oxygen atoms in total. The fourth-order valence-electron chi connectivity index (χ4n) is 4.18. The summed E-state index contributed by atoms with van der Waals surface area (Å²) in [5.74, 6) is -0.765. The number of benzene rings is 1. The summed E-state index contributed by atoms with van der Waals surface area (Å²) in [6.07, 6.45) is 2.88. The number of rotatable bonds is 5. The van der Waals surface area contributed by atoms with Crippen molar-refractivity contribution in [2.24, 2.45) is 11.7 Å². The Balaban J connectivity index is 1.54. The van der Waals surface area contributed by atoms with Crippen LogP contribution in [-0.4, -0.2) is 62.3 Å². The van der Waals surface area contributed by atoms with Crippen LogP contribution in [0.15, 0.2) is 18.2 Å². The highest BCUT2D eigenvalue weighted by molar-refractivity contribution is 5.90. The Morgan fingerprint density at radius 2 is 1.87 bits per heavy atom. The molecule has 2 amide bonds. The molecule has 2 aliphatic rings. The summed E-state index contributed by atoms with van der Waals surface area (Å²) in [5, 5.41) is 8.98. The van der Waals surface area contributed by atoms with Gasteiger partial charge in [-0.25, -0.2) is 9.18 Å². The average Bonchev–Trinajstić information content (AvgIpc) is 2.77. The van der Waals surface area contributed by atoms with Crippen LogP contribution in [0.5, 0.6) is 0 Å². The fourth-order valence-corrected chi connectivity index (χ4v) is 4.18. The average molecular weight is 436 g/mol. The Labute approximate surface area is 181 Å². The number of anilines is 1. The van der Waals surface area contributed by atoms with Gasteiger partial charge in [-0.05, 0) is 31.7 Å². The van der Waals surface area contributed by atoms with Crippen molar-refractivity contribution >= 4 is 23.6 Å². The van der Waals surface area contributed by atoms with Crippen molar-refractivity contribution in [3.8, 4) is 0 Å². The highest BCUT2D eigenvalue weighted by Gasteiger charge is 2.31. The van der Waals surface area contributed by atoms with Crippen molar-refractivity contribution in [3.05, 3.63) is 29.6 Å². The summed E-state index contributed by atoms with van der Waals surface area (Å²) in [5.41, 5.74) is 5.71. The van der Waals surface area contributed by atoms with E-state index in [1.165, 1.54) is 6.07 Å². The minimum atomic E-state index is -0.913. The van der Waals surface area contributed by atoms with E-state index in [1.807, 2.05) is 15.1 Å². The smallest absolute Gasteiger partial charge is 0.414 e. The van der Waals surface area contributed by atoms with Crippen molar-refractivity contribution in [2.75, 3.05) is 38.2 Å². The predicted molar refractivity (Wildman–Crippen MR) is 113 cm³/mol. The Morgan fingerprint density at radius 1 is 1.19 bits per heavy atom. The standard InChI is InChI=1S/C21H30FN5O4/c1-30-16-7-5-14(6-8-16)19(28)27-11-9-26(10-12-27)17-4-2-3-15(18(17)22)13-31-21(29)25-20(23)24/h2-4,14,16H,5-13H2,1H3,(H4,23,24,25,29)/t14-,16-. The van der Waals surface area contributed by atoms with Crippen LogP contribution in [0.3, 0.4) is 0 Å². The van der Waals surface area contributed by atoms with E-state index in [0.29, 0.717) is 31.9 Å². The van der Waals surface area contributed by atoms with E-state index in [1.54, 1.807) is 19.2 Å². The Hall–Kier alpha value is -2.88. The van der Waals surface area contributed by atoms with E-state index in [2.05, 4.69) is 0 Å². The third kappa shape index (κ3) is 5.84. The number of hydrogen-bond donors (Lipinski definition) is 3. The number of amides is 2. The van der Waals surface area contributed by atoms with Crippen molar-refractivity contribution in [3.63, 3.8) is 0 Å². The Bertz CT molecular complexity index is 805. The maximum absolute atomic E-state index is 15.0. The zero-order valence-corrected chi connectivity index (χ0v) is 17.7. The van der Waals surface area contributed by atoms with E-state index in [9.17, 15) is 14.0 Å². The van der Waals surface area contributed by atoms with Crippen molar-refractivity contribution < 1.29 is 23.5 Å². The number of carbonyl (C=O) groups is 2. The normalized spacial score (nSPS) is 21.5. The first-order chi connectivity index (χ1) is 14.9. The number of methoxy groups -OCH3 is 1.